The highest BCUT2D eigenvalue weighted by molar-refractivity contribution is 7.52. The molecule has 2 aliphatic rings. The van der Waals surface area contributed by atoms with Crippen molar-refractivity contribution >= 4 is 30.7 Å². The number of nitrogens with one attached hydrogen (secondary N) is 2. The maximum Gasteiger partial charge on any atom is 0.459 e. The van der Waals surface area contributed by atoms with Crippen molar-refractivity contribution in [2.45, 2.75) is 62.9 Å². The van der Waals surface area contributed by atoms with Crippen LogP contribution >= 0.6 is 7.75 Å². The molecule has 41 heavy (non-hydrogen) atoms. The Kier molecular flexibility index (Phi) is 8.00. The van der Waals surface area contributed by atoms with Crippen LogP contribution in [0.2, 0.25) is 0 Å². The third-order valence-corrected chi connectivity index (χ3v) is 8.30. The lowest BCUT2D eigenvalue weighted by molar-refractivity contribution is -0.142. The third-order valence-electron chi connectivity index (χ3n) is 6.66. The number of benzene rings is 1. The van der Waals surface area contributed by atoms with Crippen LogP contribution in [0.3, 0.4) is 0 Å². The summed E-state index contributed by atoms with van der Waals surface area (Å²) in [6.07, 6.45) is 4.03. The summed E-state index contributed by atoms with van der Waals surface area (Å²) in [5, 5.41) is 16.7. The molecule has 1 saturated heterocycles. The quantitative estimate of drug-likeness (QED) is 0.171. The Morgan fingerprint density at radius 2 is 2.10 bits per heavy atom. The van der Waals surface area contributed by atoms with Gasteiger partial charge in [-0.25, -0.2) is 23.9 Å². The molecule has 1 saturated carbocycles. The van der Waals surface area contributed by atoms with Gasteiger partial charge < -0.3 is 24.4 Å². The molecule has 15 heteroatoms. The van der Waals surface area contributed by atoms with Gasteiger partial charge in [0.15, 0.2) is 23.2 Å². The fourth-order valence-corrected chi connectivity index (χ4v) is 5.88. The van der Waals surface area contributed by atoms with Gasteiger partial charge in [0.2, 0.25) is 5.67 Å². The maximum absolute atomic E-state index is 16.2. The van der Waals surface area contributed by atoms with E-state index >= 15 is 4.39 Å². The first-order valence-electron chi connectivity index (χ1n) is 12.9. The minimum absolute atomic E-state index is 0.171. The second kappa shape index (κ2) is 11.3. The summed E-state index contributed by atoms with van der Waals surface area (Å²) in [4.78, 5) is 25.2. The number of anilines is 1. The van der Waals surface area contributed by atoms with E-state index in [1.165, 1.54) is 37.1 Å². The number of aryl methyl sites for hydroxylation is 1. The van der Waals surface area contributed by atoms with E-state index in [9.17, 15) is 14.5 Å². The fraction of sp³-hybridized carbons (Fsp3) is 0.462. The molecule has 1 aliphatic heterocycles. The Morgan fingerprint density at radius 1 is 1.37 bits per heavy atom. The maximum atomic E-state index is 16.2. The summed E-state index contributed by atoms with van der Waals surface area (Å²) in [6, 6.07) is 7.26. The van der Waals surface area contributed by atoms with Gasteiger partial charge in [-0.2, -0.15) is 5.09 Å². The summed E-state index contributed by atoms with van der Waals surface area (Å²) >= 11 is 0. The zero-order chi connectivity index (χ0) is 29.4. The molecule has 0 bridgehead atoms. The summed E-state index contributed by atoms with van der Waals surface area (Å²) in [5.74, 6) is 2.37. The molecule has 1 aliphatic carbocycles. The second-order valence-corrected chi connectivity index (χ2v) is 11.5. The van der Waals surface area contributed by atoms with Gasteiger partial charge in [0.1, 0.15) is 29.8 Å². The molecule has 0 radical (unpaired) electrons. The summed E-state index contributed by atoms with van der Waals surface area (Å²) in [6.45, 7) is 2.47. The van der Waals surface area contributed by atoms with E-state index in [1.54, 1.807) is 25.1 Å². The van der Waals surface area contributed by atoms with Gasteiger partial charge >= 0.3 is 13.7 Å². The topological polar surface area (TPSA) is 159 Å². The van der Waals surface area contributed by atoms with E-state index in [-0.39, 0.29) is 17.4 Å². The summed E-state index contributed by atoms with van der Waals surface area (Å²) in [5.41, 5.74) is -2.09. The number of aromatic nitrogens is 4. The van der Waals surface area contributed by atoms with Gasteiger partial charge in [-0.1, -0.05) is 24.1 Å². The lowest BCUT2D eigenvalue weighted by Crippen LogP contribution is -2.42. The standard InChI is InChI=1S/C26H30FN6O7P/c1-5-26(27)21(34)19(13-38-41(36,32-15(2)24(35)37-4)40-18-9-7-6-8-10-18)39-25(26)33-14-28-20-22(31-17-11-12-17)29-16(3)30-23(20)33/h1,6-10,14-15,17,19,21,25,34H,11-13H2,2-4H3,(H,32,36)(H,29,30,31)/t15-,19-,21-,25-,26-,41-/m1/s1. The average molecular weight is 589 g/mol. The molecule has 1 aromatic carbocycles. The number of carbonyl (C=O) groups is 1. The molecule has 2 fully saturated rings. The number of nitrogens with zero attached hydrogens (tertiary/aromatic N) is 4. The molecule has 0 spiro atoms. The van der Waals surface area contributed by atoms with Crippen LogP contribution in [0.5, 0.6) is 5.75 Å². The molecule has 0 amide bonds. The number of terminal acetylenes is 1. The van der Waals surface area contributed by atoms with Crippen molar-refractivity contribution in [3.05, 3.63) is 42.5 Å². The third kappa shape index (κ3) is 5.91. The first-order chi connectivity index (χ1) is 19.6. The molecular formula is C26H30FN6O7P. The predicted octanol–water partition coefficient (Wildman–Crippen LogP) is 2.66. The second-order valence-electron chi connectivity index (χ2n) is 9.82. The first-order valence-corrected chi connectivity index (χ1v) is 14.4. The highest BCUT2D eigenvalue weighted by atomic mass is 31.2. The van der Waals surface area contributed by atoms with E-state index in [1.807, 2.05) is 5.92 Å². The van der Waals surface area contributed by atoms with Crippen molar-refractivity contribution < 1.29 is 37.4 Å². The Balaban J connectivity index is 1.40. The van der Waals surface area contributed by atoms with Crippen LogP contribution in [0.15, 0.2) is 36.7 Å². The van der Waals surface area contributed by atoms with Gasteiger partial charge in [0, 0.05) is 6.04 Å². The van der Waals surface area contributed by atoms with Crippen LogP contribution < -0.4 is 14.9 Å². The lowest BCUT2D eigenvalue weighted by atomic mass is 9.97. The van der Waals surface area contributed by atoms with Crippen LogP contribution in [0.25, 0.3) is 11.2 Å². The van der Waals surface area contributed by atoms with Gasteiger partial charge in [-0.05, 0) is 38.8 Å². The van der Waals surface area contributed by atoms with Crippen LogP contribution in [0.1, 0.15) is 31.8 Å². The Hall–Kier alpha value is -3.60. The number of carbonyl (C=O) groups excluding carboxylic acids is 1. The van der Waals surface area contributed by atoms with Crippen molar-refractivity contribution in [2.24, 2.45) is 0 Å². The zero-order valence-electron chi connectivity index (χ0n) is 22.6. The Bertz CT molecular complexity index is 1510. The normalized spacial score (nSPS) is 26.2. The number of methoxy groups -OCH3 is 1. The van der Waals surface area contributed by atoms with E-state index in [2.05, 4.69) is 30.1 Å². The van der Waals surface area contributed by atoms with E-state index < -0.39 is 50.5 Å². The number of alkyl halides is 1. The van der Waals surface area contributed by atoms with E-state index in [4.69, 9.17) is 20.2 Å². The minimum Gasteiger partial charge on any atom is -0.468 e. The number of fused-ring (bicyclic) bond motifs is 1. The fourth-order valence-electron chi connectivity index (χ4n) is 4.38. The lowest BCUT2D eigenvalue weighted by Gasteiger charge is -2.24. The molecule has 218 valence electrons. The molecule has 2 aromatic heterocycles. The largest absolute Gasteiger partial charge is 0.468 e. The van der Waals surface area contributed by atoms with Crippen LogP contribution in [0, 0.1) is 19.3 Å². The number of hydrogen-bond donors (Lipinski definition) is 3. The monoisotopic (exact) mass is 588 g/mol. The molecule has 5 rings (SSSR count). The van der Waals surface area contributed by atoms with Crippen molar-refractivity contribution in [3.8, 4) is 18.1 Å². The van der Waals surface area contributed by atoms with Crippen LogP contribution in [-0.2, 0) is 23.4 Å². The van der Waals surface area contributed by atoms with E-state index in [0.717, 1.165) is 12.8 Å². The SMILES string of the molecule is C#C[C@@]1(F)[C@H](O)[C@@H](CO[P@](=O)(N[C@H](C)C(=O)OC)Oc2ccccc2)O[C@H]1n1cnc2c(NC3CC3)nc(C)nc21. The number of hydrogen-bond acceptors (Lipinski definition) is 11. The van der Waals surface area contributed by atoms with Crippen molar-refractivity contribution in [3.63, 3.8) is 0 Å². The number of aliphatic hydroxyl groups excluding tert-OH is 1. The Labute approximate surface area is 235 Å². The molecule has 6 atom stereocenters. The minimum atomic E-state index is -4.30. The number of para-hydroxylation sites is 1. The molecular weight excluding hydrogens is 558 g/mol. The van der Waals surface area contributed by atoms with Crippen LogP contribution in [0.4, 0.5) is 10.2 Å². The molecule has 3 N–H and O–H groups in total. The zero-order valence-corrected chi connectivity index (χ0v) is 23.5. The smallest absolute Gasteiger partial charge is 0.459 e. The number of esters is 1. The van der Waals surface area contributed by atoms with Crippen LogP contribution in [-0.4, -0.2) is 74.3 Å². The van der Waals surface area contributed by atoms with Gasteiger partial charge in [0.05, 0.1) is 20.0 Å². The molecule has 3 heterocycles. The van der Waals surface area contributed by atoms with Crippen molar-refractivity contribution in [2.75, 3.05) is 19.0 Å². The molecule has 3 aromatic rings. The highest BCUT2D eigenvalue weighted by Gasteiger charge is 2.58. The summed E-state index contributed by atoms with van der Waals surface area (Å²) in [7, 11) is -3.13. The van der Waals surface area contributed by atoms with Crippen molar-refractivity contribution in [1.29, 1.82) is 0 Å². The van der Waals surface area contributed by atoms with E-state index in [0.29, 0.717) is 17.2 Å². The molecule has 0 unspecified atom stereocenters. The number of ether oxygens (including phenoxy) is 2. The van der Waals surface area contributed by atoms with Crippen molar-refractivity contribution in [1.82, 2.24) is 24.6 Å². The van der Waals surface area contributed by atoms with Gasteiger partial charge in [0.25, 0.3) is 0 Å². The Morgan fingerprint density at radius 3 is 2.76 bits per heavy atom. The summed E-state index contributed by atoms with van der Waals surface area (Å²) < 4.78 is 52.9. The highest BCUT2D eigenvalue weighted by Crippen LogP contribution is 2.48. The number of rotatable bonds is 11. The number of halogens is 1. The van der Waals surface area contributed by atoms with Gasteiger partial charge in [-0.15, -0.1) is 6.42 Å². The first kappa shape index (κ1) is 28.9. The predicted molar refractivity (Wildman–Crippen MR) is 145 cm³/mol. The number of imidazole rings is 1. The molecule has 13 nitrogen and oxygen atoms in total. The number of aliphatic hydroxyl groups is 1. The average Bonchev–Trinajstić information content (AvgIpc) is 3.62. The van der Waals surface area contributed by atoms with Gasteiger partial charge in [-0.3, -0.25) is 13.9 Å².